The molecule has 0 saturated heterocycles. The first-order valence-electron chi connectivity index (χ1n) is 13.9. The molecule has 8 aromatic rings. The van der Waals surface area contributed by atoms with Gasteiger partial charge >= 0.3 is 0 Å². The van der Waals surface area contributed by atoms with Gasteiger partial charge in [0, 0.05) is 39.2 Å². The van der Waals surface area contributed by atoms with Crippen LogP contribution in [-0.2, 0) is 0 Å². The fourth-order valence-corrected chi connectivity index (χ4v) is 5.52. The Morgan fingerprint density at radius 3 is 1.60 bits per heavy atom. The van der Waals surface area contributed by atoms with Gasteiger partial charge in [-0.2, -0.15) is 0 Å². The summed E-state index contributed by atoms with van der Waals surface area (Å²) >= 11 is 0. The van der Waals surface area contributed by atoms with Crippen molar-refractivity contribution in [1.29, 1.82) is 0 Å². The summed E-state index contributed by atoms with van der Waals surface area (Å²) in [6, 6.07) is 45.1. The lowest BCUT2D eigenvalue weighted by Gasteiger charge is -2.13. The van der Waals surface area contributed by atoms with E-state index in [1.54, 1.807) is 0 Å². The number of rotatable bonds is 4. The average Bonchev–Trinajstić information content (AvgIpc) is 3.08. The van der Waals surface area contributed by atoms with Crippen LogP contribution in [0.4, 0.5) is 0 Å². The van der Waals surface area contributed by atoms with E-state index in [9.17, 15) is 0 Å². The summed E-state index contributed by atoms with van der Waals surface area (Å²) in [5.41, 5.74) is 6.58. The summed E-state index contributed by atoms with van der Waals surface area (Å²) in [6.07, 6.45) is 1.82. The molecule has 0 bridgehead atoms. The molecule has 0 aliphatic carbocycles. The largest absolute Gasteiger partial charge is 0.254 e. The minimum atomic E-state index is 0.632. The third kappa shape index (κ3) is 4.16. The Hall–Kier alpha value is -5.81. The number of hydrogen-bond donors (Lipinski definition) is 0. The maximum atomic E-state index is 5.13. The normalized spacial score (nSPS) is 11.3. The zero-order valence-electron chi connectivity index (χ0n) is 22.5. The maximum absolute atomic E-state index is 5.13. The van der Waals surface area contributed by atoms with Crippen molar-refractivity contribution in [2.24, 2.45) is 0 Å². The summed E-state index contributed by atoms with van der Waals surface area (Å²) < 4.78 is 0. The molecular formula is C37H23N5. The lowest BCUT2D eigenvalue weighted by atomic mass is 9.96. The van der Waals surface area contributed by atoms with E-state index in [0.29, 0.717) is 17.5 Å². The first-order chi connectivity index (χ1) is 20.8. The van der Waals surface area contributed by atoms with Gasteiger partial charge < -0.3 is 0 Å². The third-order valence-electron chi connectivity index (χ3n) is 7.57. The van der Waals surface area contributed by atoms with Crippen molar-refractivity contribution in [3.8, 4) is 45.4 Å². The molecule has 8 rings (SSSR count). The van der Waals surface area contributed by atoms with Crippen LogP contribution in [0.15, 0.2) is 140 Å². The van der Waals surface area contributed by atoms with Gasteiger partial charge in [0.15, 0.2) is 17.5 Å². The minimum Gasteiger partial charge on any atom is -0.254 e. The van der Waals surface area contributed by atoms with E-state index in [4.69, 9.17) is 19.9 Å². The molecule has 0 aliphatic rings. The van der Waals surface area contributed by atoms with Gasteiger partial charge in [-0.05, 0) is 29.0 Å². The first-order valence-corrected chi connectivity index (χ1v) is 13.9. The van der Waals surface area contributed by atoms with Gasteiger partial charge in [0.2, 0.25) is 0 Å². The van der Waals surface area contributed by atoms with Crippen LogP contribution in [0.3, 0.4) is 0 Å². The van der Waals surface area contributed by atoms with Crippen LogP contribution in [-0.4, -0.2) is 24.9 Å². The van der Waals surface area contributed by atoms with E-state index < -0.39 is 0 Å². The van der Waals surface area contributed by atoms with Gasteiger partial charge in [0.25, 0.3) is 0 Å². The van der Waals surface area contributed by atoms with Gasteiger partial charge in [-0.3, -0.25) is 4.98 Å². The Morgan fingerprint density at radius 2 is 0.905 bits per heavy atom. The Labute approximate surface area is 242 Å². The summed E-state index contributed by atoms with van der Waals surface area (Å²) in [7, 11) is 0. The molecule has 0 radical (unpaired) electrons. The second kappa shape index (κ2) is 9.98. The summed E-state index contributed by atoms with van der Waals surface area (Å²) in [6.45, 7) is 0. The number of fused-ring (bicyclic) bond motifs is 4. The highest BCUT2D eigenvalue weighted by Crippen LogP contribution is 2.36. The Balaban J connectivity index is 1.33. The molecule has 196 valence electrons. The maximum Gasteiger partial charge on any atom is 0.164 e. The van der Waals surface area contributed by atoms with Crippen LogP contribution in [0, 0.1) is 0 Å². The van der Waals surface area contributed by atoms with E-state index >= 15 is 0 Å². The van der Waals surface area contributed by atoms with Gasteiger partial charge in [-0.1, -0.05) is 115 Å². The first kappa shape index (κ1) is 24.0. The zero-order chi connectivity index (χ0) is 27.9. The van der Waals surface area contributed by atoms with E-state index in [2.05, 4.69) is 71.7 Å². The molecule has 5 nitrogen and oxygen atoms in total. The predicted octanol–water partition coefficient (Wildman–Crippen LogP) is 8.79. The number of aromatic nitrogens is 5. The monoisotopic (exact) mass is 537 g/mol. The molecule has 0 atom stereocenters. The van der Waals surface area contributed by atoms with Gasteiger partial charge in [0.1, 0.15) is 0 Å². The van der Waals surface area contributed by atoms with E-state index in [0.717, 1.165) is 60.5 Å². The van der Waals surface area contributed by atoms with Gasteiger partial charge in [0.05, 0.1) is 16.7 Å². The number of benzene rings is 5. The zero-order valence-corrected chi connectivity index (χ0v) is 22.5. The fourth-order valence-electron chi connectivity index (χ4n) is 5.52. The molecule has 0 aliphatic heterocycles. The van der Waals surface area contributed by atoms with E-state index in [1.165, 1.54) is 0 Å². The molecule has 3 heterocycles. The van der Waals surface area contributed by atoms with Crippen LogP contribution in [0.5, 0.6) is 0 Å². The third-order valence-corrected chi connectivity index (χ3v) is 7.57. The van der Waals surface area contributed by atoms with Gasteiger partial charge in [-0.15, -0.1) is 0 Å². The van der Waals surface area contributed by atoms with Crippen molar-refractivity contribution in [2.45, 2.75) is 0 Å². The van der Waals surface area contributed by atoms with E-state index in [1.807, 2.05) is 72.9 Å². The highest BCUT2D eigenvalue weighted by molar-refractivity contribution is 6.06. The molecule has 3 aromatic heterocycles. The highest BCUT2D eigenvalue weighted by atomic mass is 15.0. The quantitative estimate of drug-likeness (QED) is 0.210. The predicted molar refractivity (Wildman–Crippen MR) is 170 cm³/mol. The van der Waals surface area contributed by atoms with Crippen molar-refractivity contribution in [3.63, 3.8) is 0 Å². The molecule has 42 heavy (non-hydrogen) atoms. The number of hydrogen-bond acceptors (Lipinski definition) is 5. The highest BCUT2D eigenvalue weighted by Gasteiger charge is 2.16. The van der Waals surface area contributed by atoms with E-state index in [-0.39, 0.29) is 0 Å². The Morgan fingerprint density at radius 1 is 0.357 bits per heavy atom. The lowest BCUT2D eigenvalue weighted by molar-refractivity contribution is 1.08. The van der Waals surface area contributed by atoms with Crippen molar-refractivity contribution in [2.75, 3.05) is 0 Å². The SMILES string of the molecule is c1ccc(-c2nc(-c3ccccc3)nc(-c3ccc(-c4ccc5ccc6cccnc6c5n4)c4ccccc34)n2)cc1. The van der Waals surface area contributed by atoms with Crippen LogP contribution < -0.4 is 0 Å². The molecule has 0 N–H and O–H groups in total. The molecule has 5 heteroatoms. The Kier molecular flexibility index (Phi) is 5.71. The van der Waals surface area contributed by atoms with Crippen LogP contribution in [0.2, 0.25) is 0 Å². The number of pyridine rings is 2. The van der Waals surface area contributed by atoms with Crippen LogP contribution in [0.25, 0.3) is 78.0 Å². The summed E-state index contributed by atoms with van der Waals surface area (Å²) in [5.74, 6) is 1.92. The molecule has 0 fully saturated rings. The molecular weight excluding hydrogens is 514 g/mol. The van der Waals surface area contributed by atoms with Crippen molar-refractivity contribution >= 4 is 32.6 Å². The van der Waals surface area contributed by atoms with Crippen LogP contribution >= 0.6 is 0 Å². The second-order valence-electron chi connectivity index (χ2n) is 10.2. The lowest BCUT2D eigenvalue weighted by Crippen LogP contribution is -2.00. The van der Waals surface area contributed by atoms with Crippen LogP contribution in [0.1, 0.15) is 0 Å². The molecule has 5 aromatic carbocycles. The molecule has 0 saturated carbocycles. The fraction of sp³-hybridized carbons (Fsp3) is 0. The van der Waals surface area contributed by atoms with Crippen molar-refractivity contribution in [1.82, 2.24) is 24.9 Å². The van der Waals surface area contributed by atoms with Crippen molar-refractivity contribution in [3.05, 3.63) is 140 Å². The number of nitrogens with zero attached hydrogens (tertiary/aromatic N) is 5. The molecule has 0 unspecified atom stereocenters. The summed E-state index contributed by atoms with van der Waals surface area (Å²) in [4.78, 5) is 24.6. The molecule has 0 amide bonds. The minimum absolute atomic E-state index is 0.632. The summed E-state index contributed by atoms with van der Waals surface area (Å²) in [5, 5.41) is 4.28. The smallest absolute Gasteiger partial charge is 0.164 e. The van der Waals surface area contributed by atoms with Gasteiger partial charge in [-0.25, -0.2) is 19.9 Å². The van der Waals surface area contributed by atoms with Crippen molar-refractivity contribution < 1.29 is 0 Å². The standard InChI is InChI=1S/C37H23N5/c1-3-10-26(11-4-1)35-40-36(27-12-5-2-6-13-27)42-37(41-35)31-21-20-30(28-15-7-8-16-29(28)31)32-22-19-25-18-17-24-14-9-23-38-33(24)34(25)39-32/h1-23H. The topological polar surface area (TPSA) is 64.5 Å². The molecule has 0 spiro atoms. The Bertz CT molecular complexity index is 2190. The second-order valence-corrected chi connectivity index (χ2v) is 10.2. The average molecular weight is 538 g/mol.